The topological polar surface area (TPSA) is 116 Å². The predicted octanol–water partition coefficient (Wildman–Crippen LogP) is 4.06. The average Bonchev–Trinajstić information content (AvgIpc) is 3.26. The molecule has 9 nitrogen and oxygen atoms in total. The summed E-state index contributed by atoms with van der Waals surface area (Å²) in [6.45, 7) is 3.43. The lowest BCUT2D eigenvalue weighted by molar-refractivity contribution is -0.131. The van der Waals surface area contributed by atoms with Crippen molar-refractivity contribution in [1.29, 1.82) is 0 Å². The summed E-state index contributed by atoms with van der Waals surface area (Å²) < 4.78 is 0. The van der Waals surface area contributed by atoms with Gasteiger partial charge in [-0.3, -0.25) is 20.0 Å². The van der Waals surface area contributed by atoms with E-state index in [1.54, 1.807) is 12.4 Å². The van der Waals surface area contributed by atoms with Crippen molar-refractivity contribution in [3.05, 3.63) is 53.2 Å². The number of pyridine rings is 1. The third kappa shape index (κ3) is 4.37. The second-order valence-corrected chi connectivity index (χ2v) is 10.4. The summed E-state index contributed by atoms with van der Waals surface area (Å²) in [6, 6.07) is 9.58. The highest BCUT2D eigenvalue weighted by molar-refractivity contribution is 7.15. The van der Waals surface area contributed by atoms with Crippen LogP contribution in [0.4, 0.5) is 10.9 Å². The van der Waals surface area contributed by atoms with E-state index in [4.69, 9.17) is 0 Å². The number of aromatic nitrogens is 4. The molecule has 1 aliphatic carbocycles. The molecule has 0 spiro atoms. The number of carbonyl (C=O) groups is 2. The zero-order chi connectivity index (χ0) is 23.9. The Bertz CT molecular complexity index is 1410. The first-order valence-electron chi connectivity index (χ1n) is 11.8. The SMILES string of the molecule is Cc1cnc(NC(=O)c2ccc(-c3ccnc4[nH]nc(N[C@@H]5CCN(C(=O)C6CC6)C5)c34)cc2)s1. The number of thiazole rings is 1. The number of amides is 2. The molecule has 10 heteroatoms. The number of likely N-dealkylation sites (tertiary alicyclic amines) is 1. The molecule has 3 aromatic heterocycles. The largest absolute Gasteiger partial charge is 0.363 e. The smallest absolute Gasteiger partial charge is 0.257 e. The van der Waals surface area contributed by atoms with Crippen molar-refractivity contribution < 1.29 is 9.59 Å². The van der Waals surface area contributed by atoms with Crippen molar-refractivity contribution in [2.45, 2.75) is 32.2 Å². The number of aromatic amines is 1. The first-order chi connectivity index (χ1) is 17.0. The Hall–Kier alpha value is -3.79. The number of carbonyl (C=O) groups excluding carboxylic acids is 2. The van der Waals surface area contributed by atoms with E-state index in [1.807, 2.05) is 42.2 Å². The van der Waals surface area contributed by atoms with Crippen LogP contribution in [0.15, 0.2) is 42.7 Å². The van der Waals surface area contributed by atoms with Crippen LogP contribution in [0.3, 0.4) is 0 Å². The van der Waals surface area contributed by atoms with Crippen LogP contribution in [-0.2, 0) is 4.79 Å². The van der Waals surface area contributed by atoms with E-state index in [0.717, 1.165) is 53.0 Å². The zero-order valence-corrected chi connectivity index (χ0v) is 20.1. The molecule has 178 valence electrons. The second kappa shape index (κ2) is 8.77. The fraction of sp³-hybridized carbons (Fsp3) is 0.320. The van der Waals surface area contributed by atoms with Gasteiger partial charge < -0.3 is 10.2 Å². The van der Waals surface area contributed by atoms with E-state index in [1.165, 1.54) is 11.3 Å². The van der Waals surface area contributed by atoms with Gasteiger partial charge in [0.25, 0.3) is 5.91 Å². The van der Waals surface area contributed by atoms with Crippen LogP contribution >= 0.6 is 11.3 Å². The van der Waals surface area contributed by atoms with E-state index in [9.17, 15) is 9.59 Å². The quantitative estimate of drug-likeness (QED) is 0.378. The van der Waals surface area contributed by atoms with Gasteiger partial charge in [0, 0.05) is 47.9 Å². The van der Waals surface area contributed by atoms with Gasteiger partial charge in [-0.2, -0.15) is 5.10 Å². The Morgan fingerprint density at radius 1 is 1.11 bits per heavy atom. The Labute approximate surface area is 206 Å². The summed E-state index contributed by atoms with van der Waals surface area (Å²) in [6.07, 6.45) is 6.43. The number of benzene rings is 1. The van der Waals surface area contributed by atoms with Crippen molar-refractivity contribution in [3.8, 4) is 11.1 Å². The van der Waals surface area contributed by atoms with E-state index in [2.05, 4.69) is 30.8 Å². The first-order valence-corrected chi connectivity index (χ1v) is 12.6. The maximum atomic E-state index is 12.6. The lowest BCUT2D eigenvalue weighted by Gasteiger charge is -2.17. The highest BCUT2D eigenvalue weighted by Crippen LogP contribution is 2.34. The normalized spacial score (nSPS) is 17.6. The number of aryl methyl sites for hydroxylation is 1. The van der Waals surface area contributed by atoms with Crippen LogP contribution in [0.5, 0.6) is 0 Å². The number of hydrogen-bond acceptors (Lipinski definition) is 7. The third-order valence-corrected chi connectivity index (χ3v) is 7.36. The predicted molar refractivity (Wildman–Crippen MR) is 135 cm³/mol. The van der Waals surface area contributed by atoms with E-state index in [0.29, 0.717) is 22.9 Å². The van der Waals surface area contributed by atoms with Gasteiger partial charge in [-0.1, -0.05) is 12.1 Å². The van der Waals surface area contributed by atoms with Gasteiger partial charge in [0.1, 0.15) is 0 Å². The molecule has 2 aliphatic rings. The molecule has 1 aromatic carbocycles. The third-order valence-electron chi connectivity index (χ3n) is 6.53. The van der Waals surface area contributed by atoms with Gasteiger partial charge in [0.05, 0.1) is 5.39 Å². The molecule has 2 amide bonds. The van der Waals surface area contributed by atoms with E-state index < -0.39 is 0 Å². The van der Waals surface area contributed by atoms with Gasteiger partial charge >= 0.3 is 0 Å². The van der Waals surface area contributed by atoms with Gasteiger partial charge in [-0.15, -0.1) is 11.3 Å². The number of anilines is 2. The maximum absolute atomic E-state index is 12.6. The Morgan fingerprint density at radius 2 is 1.94 bits per heavy atom. The summed E-state index contributed by atoms with van der Waals surface area (Å²) in [5, 5.41) is 15.4. The molecule has 1 saturated carbocycles. The molecule has 6 rings (SSSR count). The van der Waals surface area contributed by atoms with Crippen LogP contribution in [0.25, 0.3) is 22.2 Å². The summed E-state index contributed by atoms with van der Waals surface area (Å²) >= 11 is 1.44. The minimum absolute atomic E-state index is 0.151. The number of hydrogen-bond donors (Lipinski definition) is 3. The number of fused-ring (bicyclic) bond motifs is 1. The molecule has 1 saturated heterocycles. The van der Waals surface area contributed by atoms with Crippen LogP contribution in [0, 0.1) is 12.8 Å². The average molecular weight is 488 g/mol. The molecular formula is C25H25N7O2S. The Balaban J connectivity index is 1.21. The van der Waals surface area contributed by atoms with Crippen molar-refractivity contribution in [2.24, 2.45) is 5.92 Å². The highest BCUT2D eigenvalue weighted by Gasteiger charge is 2.36. The van der Waals surface area contributed by atoms with Gasteiger partial charge in [0.2, 0.25) is 5.91 Å². The minimum atomic E-state index is -0.192. The van der Waals surface area contributed by atoms with Crippen LogP contribution < -0.4 is 10.6 Å². The van der Waals surface area contributed by atoms with E-state index >= 15 is 0 Å². The highest BCUT2D eigenvalue weighted by atomic mass is 32.1. The van der Waals surface area contributed by atoms with Crippen molar-refractivity contribution in [1.82, 2.24) is 25.1 Å². The van der Waals surface area contributed by atoms with Crippen molar-refractivity contribution >= 4 is 45.1 Å². The molecule has 4 aromatic rings. The molecule has 0 bridgehead atoms. The summed E-state index contributed by atoms with van der Waals surface area (Å²) in [5.74, 6) is 1.07. The number of H-pyrrole nitrogens is 1. The van der Waals surface area contributed by atoms with Gasteiger partial charge in [-0.25, -0.2) is 9.97 Å². The van der Waals surface area contributed by atoms with E-state index in [-0.39, 0.29) is 23.8 Å². The minimum Gasteiger partial charge on any atom is -0.363 e. The number of rotatable bonds is 6. The van der Waals surface area contributed by atoms with Crippen LogP contribution in [-0.4, -0.2) is 56.0 Å². The molecule has 4 heterocycles. The van der Waals surface area contributed by atoms with Crippen molar-refractivity contribution in [3.63, 3.8) is 0 Å². The van der Waals surface area contributed by atoms with Gasteiger partial charge in [0.15, 0.2) is 16.6 Å². The van der Waals surface area contributed by atoms with Gasteiger partial charge in [-0.05, 0) is 55.5 Å². The molecule has 35 heavy (non-hydrogen) atoms. The Kier molecular flexibility index (Phi) is 5.44. The lowest BCUT2D eigenvalue weighted by atomic mass is 10.0. The van der Waals surface area contributed by atoms with Crippen LogP contribution in [0.1, 0.15) is 34.5 Å². The summed E-state index contributed by atoms with van der Waals surface area (Å²) in [7, 11) is 0. The molecule has 2 fully saturated rings. The van der Waals surface area contributed by atoms with Crippen molar-refractivity contribution in [2.75, 3.05) is 23.7 Å². The molecule has 1 aliphatic heterocycles. The summed E-state index contributed by atoms with van der Waals surface area (Å²) in [4.78, 5) is 36.7. The zero-order valence-electron chi connectivity index (χ0n) is 19.2. The monoisotopic (exact) mass is 487 g/mol. The molecule has 0 radical (unpaired) electrons. The second-order valence-electron chi connectivity index (χ2n) is 9.15. The molecule has 0 unspecified atom stereocenters. The fourth-order valence-electron chi connectivity index (χ4n) is 4.54. The summed E-state index contributed by atoms with van der Waals surface area (Å²) in [5.41, 5.74) is 3.18. The first kappa shape index (κ1) is 21.7. The van der Waals surface area contributed by atoms with Crippen LogP contribution in [0.2, 0.25) is 0 Å². The maximum Gasteiger partial charge on any atom is 0.257 e. The lowest BCUT2D eigenvalue weighted by Crippen LogP contribution is -2.32. The Morgan fingerprint density at radius 3 is 2.69 bits per heavy atom. The molecule has 1 atom stereocenters. The number of nitrogens with one attached hydrogen (secondary N) is 3. The fourth-order valence-corrected chi connectivity index (χ4v) is 5.20. The molecule has 3 N–H and O–H groups in total. The molecular weight excluding hydrogens is 462 g/mol. The number of nitrogens with zero attached hydrogens (tertiary/aromatic N) is 4. The standard InChI is InChI=1S/C25H25N7O2S/c1-14-12-27-25(35-14)29-23(33)16-4-2-15(3-5-16)19-8-10-26-21-20(19)22(31-30-21)28-18-9-11-32(13-18)24(34)17-6-7-17/h2-5,8,10,12,17-18H,6-7,9,11,13H2,1H3,(H,27,29,33)(H2,26,28,30,31)/t18-/m1/s1.